The second-order valence-electron chi connectivity index (χ2n) is 5.79. The molecule has 1 N–H and O–H groups in total. The minimum absolute atomic E-state index is 0.0479. The van der Waals surface area contributed by atoms with E-state index in [0.29, 0.717) is 11.5 Å². The molecular weight excluding hydrogens is 309 g/mol. The SMILES string of the molecule is CC(OC(=O)c1ccc(C(C)C)cc1)C(=O)Nc1ccccc1F. The van der Waals surface area contributed by atoms with Gasteiger partial charge in [-0.2, -0.15) is 0 Å². The first-order chi connectivity index (χ1) is 11.4. The maximum Gasteiger partial charge on any atom is 0.338 e. The number of hydrogen-bond acceptors (Lipinski definition) is 3. The number of esters is 1. The van der Waals surface area contributed by atoms with Crippen LogP contribution in [-0.2, 0) is 9.53 Å². The van der Waals surface area contributed by atoms with Crippen molar-refractivity contribution in [1.29, 1.82) is 0 Å². The maximum atomic E-state index is 13.5. The van der Waals surface area contributed by atoms with Crippen molar-refractivity contribution in [2.45, 2.75) is 32.8 Å². The van der Waals surface area contributed by atoms with Crippen LogP contribution >= 0.6 is 0 Å². The van der Waals surface area contributed by atoms with Crippen LogP contribution in [0.4, 0.5) is 10.1 Å². The Bertz CT molecular complexity index is 726. The Balaban J connectivity index is 1.98. The Morgan fingerprint density at radius 3 is 2.21 bits per heavy atom. The number of para-hydroxylation sites is 1. The normalized spacial score (nSPS) is 11.9. The van der Waals surface area contributed by atoms with E-state index in [-0.39, 0.29) is 5.69 Å². The maximum absolute atomic E-state index is 13.5. The molecule has 0 saturated heterocycles. The van der Waals surface area contributed by atoms with E-state index in [2.05, 4.69) is 19.2 Å². The van der Waals surface area contributed by atoms with E-state index in [0.717, 1.165) is 5.56 Å². The molecule has 0 bridgehead atoms. The van der Waals surface area contributed by atoms with Gasteiger partial charge in [0.25, 0.3) is 5.91 Å². The molecule has 5 heteroatoms. The second kappa shape index (κ2) is 7.73. The summed E-state index contributed by atoms with van der Waals surface area (Å²) in [5.41, 5.74) is 1.52. The van der Waals surface area contributed by atoms with Gasteiger partial charge < -0.3 is 10.1 Å². The highest BCUT2D eigenvalue weighted by atomic mass is 19.1. The standard InChI is InChI=1S/C19H20FNO3/c1-12(2)14-8-10-15(11-9-14)19(23)24-13(3)18(22)21-17-7-5-4-6-16(17)20/h4-13H,1-3H3,(H,21,22). The lowest BCUT2D eigenvalue weighted by Gasteiger charge is -2.14. The molecule has 0 spiro atoms. The lowest BCUT2D eigenvalue weighted by molar-refractivity contribution is -0.123. The number of rotatable bonds is 5. The number of ether oxygens (including phenoxy) is 1. The molecule has 0 radical (unpaired) electrons. The van der Waals surface area contributed by atoms with Gasteiger partial charge in [-0.05, 0) is 42.7 Å². The summed E-state index contributed by atoms with van der Waals surface area (Å²) in [5, 5.41) is 2.40. The van der Waals surface area contributed by atoms with Crippen molar-refractivity contribution in [2.24, 2.45) is 0 Å². The number of hydrogen-bond donors (Lipinski definition) is 1. The molecule has 0 aliphatic heterocycles. The quantitative estimate of drug-likeness (QED) is 0.839. The Labute approximate surface area is 140 Å². The Morgan fingerprint density at radius 2 is 1.62 bits per heavy atom. The largest absolute Gasteiger partial charge is 0.449 e. The summed E-state index contributed by atoms with van der Waals surface area (Å²) in [6.45, 7) is 5.56. The molecular formula is C19H20FNO3. The average molecular weight is 329 g/mol. The van der Waals surface area contributed by atoms with E-state index in [4.69, 9.17) is 4.74 Å². The van der Waals surface area contributed by atoms with E-state index in [1.807, 2.05) is 12.1 Å². The van der Waals surface area contributed by atoms with Crippen LogP contribution < -0.4 is 5.32 Å². The molecule has 2 aromatic rings. The molecule has 24 heavy (non-hydrogen) atoms. The molecule has 0 saturated carbocycles. The number of halogens is 1. The van der Waals surface area contributed by atoms with Crippen LogP contribution in [0.1, 0.15) is 42.6 Å². The first kappa shape index (κ1) is 17.7. The first-order valence-corrected chi connectivity index (χ1v) is 7.75. The Kier molecular flexibility index (Phi) is 5.68. The monoisotopic (exact) mass is 329 g/mol. The van der Waals surface area contributed by atoms with Crippen LogP contribution in [0.2, 0.25) is 0 Å². The van der Waals surface area contributed by atoms with Gasteiger partial charge >= 0.3 is 5.97 Å². The third kappa shape index (κ3) is 4.41. The highest BCUT2D eigenvalue weighted by Gasteiger charge is 2.20. The van der Waals surface area contributed by atoms with Gasteiger partial charge in [-0.15, -0.1) is 0 Å². The van der Waals surface area contributed by atoms with Crippen molar-refractivity contribution in [3.05, 3.63) is 65.5 Å². The zero-order valence-corrected chi connectivity index (χ0v) is 13.9. The summed E-state index contributed by atoms with van der Waals surface area (Å²) in [6.07, 6.45) is -1.04. The number of anilines is 1. The van der Waals surface area contributed by atoms with Crippen LogP contribution in [0.25, 0.3) is 0 Å². The topological polar surface area (TPSA) is 55.4 Å². The molecule has 126 valence electrons. The lowest BCUT2D eigenvalue weighted by Crippen LogP contribution is -2.30. The molecule has 1 amide bonds. The number of carbonyl (C=O) groups is 2. The van der Waals surface area contributed by atoms with E-state index in [9.17, 15) is 14.0 Å². The third-order valence-corrected chi connectivity index (χ3v) is 3.60. The minimum atomic E-state index is -1.04. The number of amides is 1. The van der Waals surface area contributed by atoms with Gasteiger partial charge in [0, 0.05) is 0 Å². The van der Waals surface area contributed by atoms with E-state index in [1.54, 1.807) is 18.2 Å². The van der Waals surface area contributed by atoms with Gasteiger partial charge in [0.15, 0.2) is 6.10 Å². The fraction of sp³-hybridized carbons (Fsp3) is 0.263. The summed E-state index contributed by atoms with van der Waals surface area (Å²) >= 11 is 0. The van der Waals surface area contributed by atoms with Crippen LogP contribution in [-0.4, -0.2) is 18.0 Å². The number of nitrogens with one attached hydrogen (secondary N) is 1. The molecule has 0 aliphatic carbocycles. The molecule has 2 aromatic carbocycles. The smallest absolute Gasteiger partial charge is 0.338 e. The first-order valence-electron chi connectivity index (χ1n) is 7.75. The van der Waals surface area contributed by atoms with Gasteiger partial charge in [0.2, 0.25) is 0 Å². The van der Waals surface area contributed by atoms with Gasteiger partial charge in [-0.25, -0.2) is 9.18 Å². The van der Waals surface area contributed by atoms with Gasteiger partial charge in [0.1, 0.15) is 5.82 Å². The predicted molar refractivity (Wildman–Crippen MR) is 90.4 cm³/mol. The highest BCUT2D eigenvalue weighted by Crippen LogP contribution is 2.16. The fourth-order valence-corrected chi connectivity index (χ4v) is 2.08. The van der Waals surface area contributed by atoms with Gasteiger partial charge in [-0.3, -0.25) is 4.79 Å². The van der Waals surface area contributed by atoms with Crippen molar-refractivity contribution < 1.29 is 18.7 Å². The fourth-order valence-electron chi connectivity index (χ4n) is 2.08. The van der Waals surface area contributed by atoms with Crippen LogP contribution in [0.3, 0.4) is 0 Å². The predicted octanol–water partition coefficient (Wildman–Crippen LogP) is 4.13. The number of benzene rings is 2. The van der Waals surface area contributed by atoms with E-state index >= 15 is 0 Å². The van der Waals surface area contributed by atoms with Crippen molar-refractivity contribution in [1.82, 2.24) is 0 Å². The summed E-state index contributed by atoms with van der Waals surface area (Å²) in [4.78, 5) is 24.1. The lowest BCUT2D eigenvalue weighted by atomic mass is 10.0. The van der Waals surface area contributed by atoms with Crippen molar-refractivity contribution in [2.75, 3.05) is 5.32 Å². The molecule has 0 heterocycles. The van der Waals surface area contributed by atoms with E-state index < -0.39 is 23.8 Å². The summed E-state index contributed by atoms with van der Waals surface area (Å²) in [5.74, 6) is -1.37. The molecule has 0 aliphatic rings. The minimum Gasteiger partial charge on any atom is -0.449 e. The highest BCUT2D eigenvalue weighted by molar-refractivity contribution is 5.97. The molecule has 1 unspecified atom stereocenters. The Hall–Kier alpha value is -2.69. The second-order valence-corrected chi connectivity index (χ2v) is 5.79. The van der Waals surface area contributed by atoms with Gasteiger partial charge in [-0.1, -0.05) is 38.1 Å². The zero-order chi connectivity index (χ0) is 17.7. The van der Waals surface area contributed by atoms with Crippen LogP contribution in [0, 0.1) is 5.82 Å². The average Bonchev–Trinajstić information content (AvgIpc) is 2.56. The van der Waals surface area contributed by atoms with Crippen molar-refractivity contribution in [3.63, 3.8) is 0 Å². The number of carbonyl (C=O) groups excluding carboxylic acids is 2. The van der Waals surface area contributed by atoms with Gasteiger partial charge in [0.05, 0.1) is 11.3 Å². The third-order valence-electron chi connectivity index (χ3n) is 3.60. The molecule has 2 rings (SSSR count). The zero-order valence-electron chi connectivity index (χ0n) is 13.9. The van der Waals surface area contributed by atoms with Crippen LogP contribution in [0.5, 0.6) is 0 Å². The molecule has 0 aromatic heterocycles. The van der Waals surface area contributed by atoms with Crippen LogP contribution in [0.15, 0.2) is 48.5 Å². The summed E-state index contributed by atoms with van der Waals surface area (Å²) in [6, 6.07) is 12.8. The van der Waals surface area contributed by atoms with Crippen molar-refractivity contribution in [3.8, 4) is 0 Å². The Morgan fingerprint density at radius 1 is 1.00 bits per heavy atom. The summed E-state index contributed by atoms with van der Waals surface area (Å²) in [7, 11) is 0. The molecule has 0 fully saturated rings. The molecule has 1 atom stereocenters. The molecule has 4 nitrogen and oxygen atoms in total. The van der Waals surface area contributed by atoms with E-state index in [1.165, 1.54) is 25.1 Å². The summed E-state index contributed by atoms with van der Waals surface area (Å²) < 4.78 is 18.7. The van der Waals surface area contributed by atoms with Crippen molar-refractivity contribution >= 4 is 17.6 Å².